The number of rotatable bonds is 6. The number of carbonyl (C=O) groups excluding carboxylic acids is 1. The van der Waals surface area contributed by atoms with Crippen LogP contribution in [0.2, 0.25) is 0 Å². The third kappa shape index (κ3) is 3.31. The molecular weight excluding hydrogens is 360 g/mol. The second-order valence-corrected chi connectivity index (χ2v) is 6.25. The summed E-state index contributed by atoms with van der Waals surface area (Å²) in [6, 6.07) is 6.99. The molecule has 0 spiro atoms. The van der Waals surface area contributed by atoms with Crippen molar-refractivity contribution in [1.29, 1.82) is 0 Å². The number of hydrogen-bond donors (Lipinski definition) is 0. The van der Waals surface area contributed by atoms with Crippen LogP contribution in [0.3, 0.4) is 0 Å². The summed E-state index contributed by atoms with van der Waals surface area (Å²) in [5.74, 6) is 0.969. The van der Waals surface area contributed by atoms with Crippen LogP contribution in [0, 0.1) is 13.8 Å². The van der Waals surface area contributed by atoms with E-state index in [1.807, 2.05) is 26.0 Å². The van der Waals surface area contributed by atoms with E-state index in [0.717, 1.165) is 11.1 Å². The van der Waals surface area contributed by atoms with Crippen LogP contribution < -0.4 is 18.9 Å². The lowest BCUT2D eigenvalue weighted by Gasteiger charge is -2.14. The van der Waals surface area contributed by atoms with Crippen molar-refractivity contribution in [3.63, 3.8) is 0 Å². The summed E-state index contributed by atoms with van der Waals surface area (Å²) in [6.45, 7) is 3.99. The summed E-state index contributed by atoms with van der Waals surface area (Å²) in [4.78, 5) is 22.2. The molecule has 0 unspecified atom stereocenters. The Morgan fingerprint density at radius 3 is 1.75 bits per heavy atom. The van der Waals surface area contributed by atoms with Gasteiger partial charge in [0.15, 0.2) is 17.2 Å². The Labute approximate surface area is 163 Å². The lowest BCUT2D eigenvalue weighted by atomic mass is 10.1. The largest absolute Gasteiger partial charge is 0.493 e. The highest BCUT2D eigenvalue weighted by atomic mass is 16.5. The van der Waals surface area contributed by atoms with Crippen LogP contribution in [0.25, 0.3) is 11.0 Å². The molecule has 0 saturated heterocycles. The Hall–Kier alpha value is -3.35. The fourth-order valence-corrected chi connectivity index (χ4v) is 2.93. The summed E-state index contributed by atoms with van der Waals surface area (Å²) in [5, 5.41) is 0. The summed E-state index contributed by atoms with van der Waals surface area (Å²) in [6.07, 6.45) is 0. The minimum Gasteiger partial charge on any atom is -0.493 e. The molecule has 0 aliphatic carbocycles. The zero-order chi connectivity index (χ0) is 20.4. The van der Waals surface area contributed by atoms with Crippen LogP contribution in [-0.2, 0) is 0 Å². The molecule has 7 heteroatoms. The summed E-state index contributed by atoms with van der Waals surface area (Å²) in [5.41, 5.74) is 3.89. The highest BCUT2D eigenvalue weighted by molar-refractivity contribution is 6.10. The molecule has 28 heavy (non-hydrogen) atoms. The first-order valence-electron chi connectivity index (χ1n) is 8.61. The number of hydrogen-bond acceptors (Lipinski definition) is 7. The van der Waals surface area contributed by atoms with Crippen LogP contribution in [-0.4, -0.2) is 44.2 Å². The molecule has 146 valence electrons. The Kier molecular flexibility index (Phi) is 5.35. The number of benzene rings is 2. The van der Waals surface area contributed by atoms with E-state index in [9.17, 15) is 4.79 Å². The van der Waals surface area contributed by atoms with E-state index >= 15 is 0 Å². The first-order chi connectivity index (χ1) is 13.4. The van der Waals surface area contributed by atoms with E-state index < -0.39 is 0 Å². The smallest absolute Gasteiger partial charge is 0.244 e. The van der Waals surface area contributed by atoms with Gasteiger partial charge >= 0.3 is 0 Å². The van der Waals surface area contributed by atoms with Gasteiger partial charge in [0.05, 0.1) is 39.5 Å². The zero-order valence-corrected chi connectivity index (χ0v) is 16.7. The van der Waals surface area contributed by atoms with Crippen molar-refractivity contribution in [3.8, 4) is 23.1 Å². The van der Waals surface area contributed by atoms with Gasteiger partial charge in [0.2, 0.25) is 17.4 Å². The second-order valence-electron chi connectivity index (χ2n) is 6.25. The first kappa shape index (κ1) is 19.4. The summed E-state index contributed by atoms with van der Waals surface area (Å²) in [7, 11) is 5.95. The molecule has 0 bridgehead atoms. The predicted molar refractivity (Wildman–Crippen MR) is 105 cm³/mol. The number of ether oxygens (including phenoxy) is 4. The van der Waals surface area contributed by atoms with Gasteiger partial charge in [-0.15, -0.1) is 0 Å². The standard InChI is InChI=1S/C21H22N2O5/c1-11-7-14-15(8-12(11)2)23-21(28-6)18(22-14)19(24)13-9-16(25-3)20(27-5)17(10-13)26-4/h7-10H,1-6H3. The molecule has 7 nitrogen and oxygen atoms in total. The quantitative estimate of drug-likeness (QED) is 0.604. The van der Waals surface area contributed by atoms with E-state index in [1.165, 1.54) is 28.4 Å². The number of aryl methyl sites for hydroxylation is 2. The topological polar surface area (TPSA) is 79.8 Å². The van der Waals surface area contributed by atoms with Gasteiger partial charge in [0.25, 0.3) is 0 Å². The Morgan fingerprint density at radius 1 is 0.750 bits per heavy atom. The fourth-order valence-electron chi connectivity index (χ4n) is 2.93. The van der Waals surface area contributed by atoms with Gasteiger partial charge < -0.3 is 18.9 Å². The van der Waals surface area contributed by atoms with Gasteiger partial charge in [-0.25, -0.2) is 9.97 Å². The predicted octanol–water partition coefficient (Wildman–Crippen LogP) is 3.51. The van der Waals surface area contributed by atoms with Gasteiger partial charge in [0, 0.05) is 5.56 Å². The monoisotopic (exact) mass is 382 g/mol. The van der Waals surface area contributed by atoms with E-state index in [4.69, 9.17) is 18.9 Å². The molecule has 0 saturated carbocycles. The lowest BCUT2D eigenvalue weighted by Crippen LogP contribution is -2.10. The number of fused-ring (bicyclic) bond motifs is 1. The van der Waals surface area contributed by atoms with Crippen molar-refractivity contribution in [2.45, 2.75) is 13.8 Å². The lowest BCUT2D eigenvalue weighted by molar-refractivity contribution is 0.103. The highest BCUT2D eigenvalue weighted by Crippen LogP contribution is 2.39. The fraction of sp³-hybridized carbons (Fsp3) is 0.286. The van der Waals surface area contributed by atoms with Crippen molar-refractivity contribution in [1.82, 2.24) is 9.97 Å². The Bertz CT molecular complexity index is 1040. The maximum absolute atomic E-state index is 13.2. The number of ketones is 1. The van der Waals surface area contributed by atoms with Crippen LogP contribution in [0.1, 0.15) is 27.2 Å². The zero-order valence-electron chi connectivity index (χ0n) is 16.7. The average Bonchev–Trinajstić information content (AvgIpc) is 2.71. The molecule has 0 aliphatic heterocycles. The third-order valence-corrected chi connectivity index (χ3v) is 4.58. The minimum absolute atomic E-state index is 0.118. The van der Waals surface area contributed by atoms with Crippen molar-refractivity contribution in [3.05, 3.63) is 46.6 Å². The van der Waals surface area contributed by atoms with E-state index in [1.54, 1.807) is 12.1 Å². The molecule has 0 atom stereocenters. The Balaban J connectivity index is 2.19. The minimum atomic E-state index is -0.358. The summed E-state index contributed by atoms with van der Waals surface area (Å²) < 4.78 is 21.3. The van der Waals surface area contributed by atoms with Crippen molar-refractivity contribution >= 4 is 16.8 Å². The van der Waals surface area contributed by atoms with Gasteiger partial charge in [-0.1, -0.05) is 0 Å². The van der Waals surface area contributed by atoms with Crippen LogP contribution in [0.15, 0.2) is 24.3 Å². The molecule has 0 radical (unpaired) electrons. The molecule has 0 N–H and O–H groups in total. The number of methoxy groups -OCH3 is 4. The maximum Gasteiger partial charge on any atom is 0.244 e. The maximum atomic E-state index is 13.2. The molecule has 1 aromatic heterocycles. The number of aromatic nitrogens is 2. The van der Waals surface area contributed by atoms with Crippen LogP contribution in [0.5, 0.6) is 23.1 Å². The average molecular weight is 382 g/mol. The van der Waals surface area contributed by atoms with E-state index in [-0.39, 0.29) is 17.4 Å². The number of nitrogens with zero attached hydrogens (tertiary/aromatic N) is 2. The van der Waals surface area contributed by atoms with Gasteiger partial charge in [-0.3, -0.25) is 4.79 Å². The van der Waals surface area contributed by atoms with Gasteiger partial charge in [0.1, 0.15) is 0 Å². The molecule has 0 amide bonds. The normalized spacial score (nSPS) is 10.6. The van der Waals surface area contributed by atoms with Crippen LogP contribution >= 0.6 is 0 Å². The molecular formula is C21H22N2O5. The Morgan fingerprint density at radius 2 is 1.29 bits per heavy atom. The SMILES string of the molecule is COc1cc(C(=O)c2nc3cc(C)c(C)cc3nc2OC)cc(OC)c1OC. The van der Waals surface area contributed by atoms with Crippen molar-refractivity contribution < 1.29 is 23.7 Å². The highest BCUT2D eigenvalue weighted by Gasteiger charge is 2.23. The molecule has 0 aliphatic rings. The molecule has 3 aromatic rings. The molecule has 1 heterocycles. The van der Waals surface area contributed by atoms with Crippen molar-refractivity contribution in [2.24, 2.45) is 0 Å². The summed E-state index contributed by atoms with van der Waals surface area (Å²) >= 11 is 0. The van der Waals surface area contributed by atoms with E-state index in [2.05, 4.69) is 9.97 Å². The van der Waals surface area contributed by atoms with Gasteiger partial charge in [-0.2, -0.15) is 0 Å². The molecule has 2 aromatic carbocycles. The second kappa shape index (κ2) is 7.72. The third-order valence-electron chi connectivity index (χ3n) is 4.58. The van der Waals surface area contributed by atoms with E-state index in [0.29, 0.717) is 33.8 Å². The first-order valence-corrected chi connectivity index (χ1v) is 8.61. The number of carbonyl (C=O) groups is 1. The molecule has 3 rings (SSSR count). The van der Waals surface area contributed by atoms with Gasteiger partial charge in [-0.05, 0) is 49.2 Å². The van der Waals surface area contributed by atoms with Crippen molar-refractivity contribution in [2.75, 3.05) is 28.4 Å². The molecule has 0 fully saturated rings. The van der Waals surface area contributed by atoms with Crippen LogP contribution in [0.4, 0.5) is 0 Å².